The highest BCUT2D eigenvalue weighted by Crippen LogP contribution is 2.27. The molecule has 0 bridgehead atoms. The molecule has 0 atom stereocenters. The molecule has 0 aliphatic carbocycles. The largest absolute Gasteiger partial charge is 0.468 e. The Kier molecular flexibility index (Phi) is 4.33. The zero-order valence-electron chi connectivity index (χ0n) is 13.0. The van der Waals surface area contributed by atoms with Crippen molar-refractivity contribution in [3.05, 3.63) is 53.6 Å². The van der Waals surface area contributed by atoms with Crippen LogP contribution in [-0.4, -0.2) is 23.4 Å². The molecule has 4 amide bonds. The number of nitrogens with one attached hydrogen (secondary N) is 2. The first-order chi connectivity index (χ1) is 11.9. The monoisotopic (exact) mass is 360 g/mol. The van der Waals surface area contributed by atoms with Crippen LogP contribution in [0.4, 0.5) is 4.79 Å². The van der Waals surface area contributed by atoms with Gasteiger partial charge in [-0.2, -0.15) is 0 Å². The number of ether oxygens (including phenoxy) is 2. The highest BCUT2D eigenvalue weighted by Gasteiger charge is 2.48. The Balaban J connectivity index is 1.72. The van der Waals surface area contributed by atoms with Crippen molar-refractivity contribution in [3.63, 3.8) is 0 Å². The van der Waals surface area contributed by atoms with Gasteiger partial charge in [0.1, 0.15) is 17.2 Å². The average Bonchev–Trinajstić information content (AvgIpc) is 2.57. The summed E-state index contributed by atoms with van der Waals surface area (Å²) in [5, 5.41) is 4.60. The number of hydrogen-bond acceptors (Lipinski definition) is 5. The van der Waals surface area contributed by atoms with Gasteiger partial charge in [0.05, 0.1) is 0 Å². The molecule has 0 spiro atoms. The molecule has 25 heavy (non-hydrogen) atoms. The molecule has 0 radical (unpaired) electrons. The molecule has 128 valence electrons. The summed E-state index contributed by atoms with van der Waals surface area (Å²) in [6.45, 7) is 1.28. The first-order valence-electron chi connectivity index (χ1n) is 7.26. The summed E-state index contributed by atoms with van der Waals surface area (Å²) in [6, 6.07) is 12.3. The van der Waals surface area contributed by atoms with Gasteiger partial charge >= 0.3 is 6.03 Å². The normalized spacial score (nSPS) is 16.0. The van der Waals surface area contributed by atoms with Crippen LogP contribution in [-0.2, 0) is 9.59 Å². The number of imide groups is 2. The highest BCUT2D eigenvalue weighted by atomic mass is 35.5. The fraction of sp³-hybridized carbons (Fsp3) is 0.118. The fourth-order valence-electron chi connectivity index (χ4n) is 2.12. The molecule has 2 aromatic carbocycles. The summed E-state index contributed by atoms with van der Waals surface area (Å²) in [5.74, 6) is -0.252. The van der Waals surface area contributed by atoms with E-state index in [0.29, 0.717) is 16.5 Å². The summed E-state index contributed by atoms with van der Waals surface area (Å²) in [5.41, 5.74) is -1.84. The number of halogens is 1. The zero-order valence-corrected chi connectivity index (χ0v) is 13.8. The van der Waals surface area contributed by atoms with Gasteiger partial charge in [0.25, 0.3) is 17.4 Å². The molecule has 8 heteroatoms. The van der Waals surface area contributed by atoms with Crippen LogP contribution in [0.5, 0.6) is 17.2 Å². The second-order valence-electron chi connectivity index (χ2n) is 5.40. The molecule has 2 aromatic rings. The van der Waals surface area contributed by atoms with Crippen LogP contribution in [0.25, 0.3) is 0 Å². The standard InChI is InChI=1S/C17H13ClN2O5/c1-17(14(21)19-16(23)20-15(17)22)25-13-8-6-12(7-9-13)24-11-4-2-10(18)3-5-11/h2-9H,1H3,(H2,19,20,21,22,23). The molecule has 0 unspecified atom stereocenters. The van der Waals surface area contributed by atoms with Crippen LogP contribution in [0, 0.1) is 0 Å². The van der Waals surface area contributed by atoms with E-state index in [0.717, 1.165) is 0 Å². The number of carbonyl (C=O) groups excluding carboxylic acids is 3. The summed E-state index contributed by atoms with van der Waals surface area (Å²) in [7, 11) is 0. The van der Waals surface area contributed by atoms with Gasteiger partial charge in [-0.15, -0.1) is 0 Å². The van der Waals surface area contributed by atoms with Crippen molar-refractivity contribution in [2.75, 3.05) is 0 Å². The molecule has 1 heterocycles. The average molecular weight is 361 g/mol. The van der Waals surface area contributed by atoms with E-state index < -0.39 is 23.4 Å². The third kappa shape index (κ3) is 3.56. The van der Waals surface area contributed by atoms with Crippen molar-refractivity contribution < 1.29 is 23.9 Å². The Labute approximate surface area is 147 Å². The molecule has 1 saturated heterocycles. The number of hydrogen-bond donors (Lipinski definition) is 2. The van der Waals surface area contributed by atoms with Crippen LogP contribution >= 0.6 is 11.6 Å². The van der Waals surface area contributed by atoms with Crippen LogP contribution in [0.15, 0.2) is 48.5 Å². The second-order valence-corrected chi connectivity index (χ2v) is 5.84. The van der Waals surface area contributed by atoms with E-state index in [9.17, 15) is 14.4 Å². The van der Waals surface area contributed by atoms with Crippen LogP contribution in [0.3, 0.4) is 0 Å². The second kappa shape index (κ2) is 6.45. The lowest BCUT2D eigenvalue weighted by Crippen LogP contribution is -2.67. The van der Waals surface area contributed by atoms with Crippen molar-refractivity contribution in [2.24, 2.45) is 0 Å². The van der Waals surface area contributed by atoms with Gasteiger partial charge in [0.2, 0.25) is 0 Å². The zero-order chi connectivity index (χ0) is 18.0. The number of rotatable bonds is 4. The van der Waals surface area contributed by atoms with Gasteiger partial charge in [-0.1, -0.05) is 11.6 Å². The first kappa shape index (κ1) is 16.8. The summed E-state index contributed by atoms with van der Waals surface area (Å²) >= 11 is 5.82. The topological polar surface area (TPSA) is 93.7 Å². The van der Waals surface area contributed by atoms with Crippen LogP contribution < -0.4 is 20.1 Å². The molecule has 0 saturated carbocycles. The van der Waals surface area contributed by atoms with Crippen molar-refractivity contribution in [1.29, 1.82) is 0 Å². The third-order valence-electron chi connectivity index (χ3n) is 3.52. The maximum Gasteiger partial charge on any atom is 0.328 e. The SMILES string of the molecule is CC1(Oc2ccc(Oc3ccc(Cl)cc3)cc2)C(=O)NC(=O)NC1=O. The van der Waals surface area contributed by atoms with Gasteiger partial charge in [-0.05, 0) is 55.5 Å². The summed E-state index contributed by atoms with van der Waals surface area (Å²) in [6.07, 6.45) is 0. The van der Waals surface area contributed by atoms with Gasteiger partial charge in [-0.3, -0.25) is 20.2 Å². The minimum atomic E-state index is -1.84. The summed E-state index contributed by atoms with van der Waals surface area (Å²) in [4.78, 5) is 35.0. The van der Waals surface area contributed by atoms with E-state index in [-0.39, 0.29) is 5.75 Å². The lowest BCUT2D eigenvalue weighted by molar-refractivity contribution is -0.149. The Hall–Kier alpha value is -3.06. The van der Waals surface area contributed by atoms with Crippen molar-refractivity contribution in [1.82, 2.24) is 10.6 Å². The Morgan fingerprint density at radius 1 is 0.800 bits per heavy atom. The molecule has 1 aliphatic rings. The number of benzene rings is 2. The minimum absolute atomic E-state index is 0.269. The van der Waals surface area contributed by atoms with E-state index in [1.54, 1.807) is 48.5 Å². The molecule has 0 aromatic heterocycles. The van der Waals surface area contributed by atoms with Gasteiger partial charge in [0.15, 0.2) is 0 Å². The van der Waals surface area contributed by atoms with E-state index in [2.05, 4.69) is 0 Å². The molecule has 1 fully saturated rings. The Bertz CT molecular complexity index is 813. The predicted molar refractivity (Wildman–Crippen MR) is 88.7 cm³/mol. The smallest absolute Gasteiger partial charge is 0.328 e. The molecule has 3 rings (SSSR count). The number of carbonyl (C=O) groups is 3. The molecular weight excluding hydrogens is 348 g/mol. The lowest BCUT2D eigenvalue weighted by Gasteiger charge is -2.30. The van der Waals surface area contributed by atoms with Gasteiger partial charge < -0.3 is 9.47 Å². The molecule has 2 N–H and O–H groups in total. The maximum atomic E-state index is 11.9. The minimum Gasteiger partial charge on any atom is -0.468 e. The van der Waals surface area contributed by atoms with Gasteiger partial charge in [0, 0.05) is 5.02 Å². The Morgan fingerprint density at radius 2 is 1.24 bits per heavy atom. The van der Waals surface area contributed by atoms with Crippen LogP contribution in [0.2, 0.25) is 5.02 Å². The number of amides is 4. The third-order valence-corrected chi connectivity index (χ3v) is 3.77. The fourth-order valence-corrected chi connectivity index (χ4v) is 2.25. The maximum absolute atomic E-state index is 11.9. The first-order valence-corrected chi connectivity index (χ1v) is 7.64. The van der Waals surface area contributed by atoms with E-state index >= 15 is 0 Å². The molecule has 7 nitrogen and oxygen atoms in total. The number of barbiturate groups is 1. The quantitative estimate of drug-likeness (QED) is 0.817. The van der Waals surface area contributed by atoms with Crippen LogP contribution in [0.1, 0.15) is 6.92 Å². The van der Waals surface area contributed by atoms with E-state index in [4.69, 9.17) is 21.1 Å². The van der Waals surface area contributed by atoms with Crippen molar-refractivity contribution >= 4 is 29.4 Å². The van der Waals surface area contributed by atoms with E-state index in [1.807, 2.05) is 10.6 Å². The Morgan fingerprint density at radius 3 is 1.76 bits per heavy atom. The molecule has 1 aliphatic heterocycles. The number of urea groups is 1. The highest BCUT2D eigenvalue weighted by molar-refractivity contribution is 6.30. The van der Waals surface area contributed by atoms with E-state index in [1.165, 1.54) is 6.92 Å². The predicted octanol–water partition coefficient (Wildman–Crippen LogP) is 2.64. The van der Waals surface area contributed by atoms with Crippen molar-refractivity contribution in [2.45, 2.75) is 12.5 Å². The lowest BCUT2D eigenvalue weighted by atomic mass is 10.0. The van der Waals surface area contributed by atoms with Crippen molar-refractivity contribution in [3.8, 4) is 17.2 Å². The molecular formula is C17H13ClN2O5. The summed E-state index contributed by atoms with van der Waals surface area (Å²) < 4.78 is 11.1. The van der Waals surface area contributed by atoms with Gasteiger partial charge in [-0.25, -0.2) is 4.79 Å².